The van der Waals surface area contributed by atoms with Crippen LogP contribution in [0.5, 0.6) is 5.75 Å². The zero-order chi connectivity index (χ0) is 15.1. The number of hydrogen-bond acceptors (Lipinski definition) is 6. The molecular weight excluding hydrogens is 274 g/mol. The van der Waals surface area contributed by atoms with Crippen LogP contribution in [0.4, 0.5) is 11.4 Å². The SMILES string of the molecule is CCCOc1cccc(NCCc2ncn[nH]2)c1[N+](=O)[O-]. The Kier molecular flexibility index (Phi) is 5.08. The smallest absolute Gasteiger partial charge is 0.333 e. The van der Waals surface area contributed by atoms with Crippen LogP contribution in [0.1, 0.15) is 19.2 Å². The average Bonchev–Trinajstić information content (AvgIpc) is 2.98. The Balaban J connectivity index is 2.08. The first-order chi connectivity index (χ1) is 10.2. The number of nitro groups is 1. The Morgan fingerprint density at radius 2 is 2.33 bits per heavy atom. The molecule has 1 heterocycles. The molecule has 0 saturated carbocycles. The highest BCUT2D eigenvalue weighted by Gasteiger charge is 2.20. The monoisotopic (exact) mass is 291 g/mol. The van der Waals surface area contributed by atoms with Gasteiger partial charge in [0.15, 0.2) is 5.75 Å². The molecule has 0 aliphatic heterocycles. The van der Waals surface area contributed by atoms with Gasteiger partial charge in [-0.3, -0.25) is 15.2 Å². The van der Waals surface area contributed by atoms with Crippen molar-refractivity contribution in [1.29, 1.82) is 0 Å². The average molecular weight is 291 g/mol. The minimum absolute atomic E-state index is 0.0384. The minimum Gasteiger partial charge on any atom is -0.487 e. The van der Waals surface area contributed by atoms with Gasteiger partial charge < -0.3 is 10.1 Å². The number of anilines is 1. The molecule has 0 aliphatic carbocycles. The Labute approximate surface area is 121 Å². The number of para-hydroxylation sites is 1. The van der Waals surface area contributed by atoms with Gasteiger partial charge in [-0.15, -0.1) is 0 Å². The van der Waals surface area contributed by atoms with Gasteiger partial charge in [0.2, 0.25) is 0 Å². The van der Waals surface area contributed by atoms with Gasteiger partial charge in [-0.25, -0.2) is 4.98 Å². The molecule has 1 aromatic heterocycles. The summed E-state index contributed by atoms with van der Waals surface area (Å²) in [6.07, 6.45) is 2.81. The quantitative estimate of drug-likeness (QED) is 0.570. The van der Waals surface area contributed by atoms with Gasteiger partial charge in [0, 0.05) is 13.0 Å². The summed E-state index contributed by atoms with van der Waals surface area (Å²) >= 11 is 0. The highest BCUT2D eigenvalue weighted by molar-refractivity contribution is 5.68. The number of aromatic amines is 1. The van der Waals surface area contributed by atoms with Gasteiger partial charge in [0.25, 0.3) is 0 Å². The molecule has 0 saturated heterocycles. The summed E-state index contributed by atoms with van der Waals surface area (Å²) in [5, 5.41) is 20.8. The van der Waals surface area contributed by atoms with E-state index in [1.807, 2.05) is 6.92 Å². The van der Waals surface area contributed by atoms with E-state index < -0.39 is 4.92 Å². The Morgan fingerprint density at radius 3 is 3.00 bits per heavy atom. The minimum atomic E-state index is -0.429. The molecule has 0 atom stereocenters. The summed E-state index contributed by atoms with van der Waals surface area (Å²) in [5.41, 5.74) is 0.400. The number of nitro benzene ring substituents is 1. The lowest BCUT2D eigenvalue weighted by atomic mass is 10.2. The number of aromatic nitrogens is 3. The van der Waals surface area contributed by atoms with E-state index in [9.17, 15) is 10.1 Å². The molecule has 2 aromatic rings. The summed E-state index contributed by atoms with van der Waals surface area (Å²) in [7, 11) is 0. The maximum absolute atomic E-state index is 11.3. The normalized spacial score (nSPS) is 10.3. The third-order valence-corrected chi connectivity index (χ3v) is 2.79. The van der Waals surface area contributed by atoms with E-state index in [1.165, 1.54) is 6.33 Å². The lowest BCUT2D eigenvalue weighted by molar-refractivity contribution is -0.385. The zero-order valence-corrected chi connectivity index (χ0v) is 11.7. The van der Waals surface area contributed by atoms with Crippen LogP contribution in [-0.4, -0.2) is 33.3 Å². The molecule has 1 aromatic carbocycles. The summed E-state index contributed by atoms with van der Waals surface area (Å²) in [4.78, 5) is 14.8. The molecule has 21 heavy (non-hydrogen) atoms. The first kappa shape index (κ1) is 14.8. The van der Waals surface area contributed by atoms with Crippen molar-refractivity contribution < 1.29 is 9.66 Å². The van der Waals surface area contributed by atoms with E-state index in [0.29, 0.717) is 25.3 Å². The van der Waals surface area contributed by atoms with Crippen LogP contribution in [0, 0.1) is 10.1 Å². The molecule has 0 aliphatic rings. The van der Waals surface area contributed by atoms with E-state index in [2.05, 4.69) is 20.5 Å². The molecule has 8 nitrogen and oxygen atoms in total. The Bertz CT molecular complexity index is 585. The fourth-order valence-corrected chi connectivity index (χ4v) is 1.85. The number of nitrogens with one attached hydrogen (secondary N) is 2. The van der Waals surface area contributed by atoms with Gasteiger partial charge in [-0.2, -0.15) is 5.10 Å². The van der Waals surface area contributed by atoms with E-state index >= 15 is 0 Å². The van der Waals surface area contributed by atoms with Crippen molar-refractivity contribution in [3.63, 3.8) is 0 Å². The highest BCUT2D eigenvalue weighted by atomic mass is 16.6. The summed E-state index contributed by atoms with van der Waals surface area (Å²) in [6, 6.07) is 5.00. The van der Waals surface area contributed by atoms with E-state index in [1.54, 1.807) is 18.2 Å². The van der Waals surface area contributed by atoms with E-state index in [0.717, 1.165) is 12.2 Å². The second kappa shape index (κ2) is 7.22. The lowest BCUT2D eigenvalue weighted by Crippen LogP contribution is -2.09. The second-order valence-corrected chi connectivity index (χ2v) is 4.37. The number of ether oxygens (including phenoxy) is 1. The largest absolute Gasteiger partial charge is 0.487 e. The van der Waals surface area contributed by atoms with Crippen molar-refractivity contribution in [1.82, 2.24) is 15.2 Å². The molecule has 0 amide bonds. The van der Waals surface area contributed by atoms with Crippen molar-refractivity contribution in [2.45, 2.75) is 19.8 Å². The molecule has 0 spiro atoms. The molecular formula is C13H17N5O3. The Morgan fingerprint density at radius 1 is 1.48 bits per heavy atom. The molecule has 112 valence electrons. The number of hydrogen-bond donors (Lipinski definition) is 2. The predicted octanol–water partition coefficient (Wildman–Crippen LogP) is 2.16. The lowest BCUT2D eigenvalue weighted by Gasteiger charge is -2.10. The summed E-state index contributed by atoms with van der Waals surface area (Å²) in [5.74, 6) is 1.01. The molecule has 0 unspecified atom stereocenters. The highest BCUT2D eigenvalue weighted by Crippen LogP contribution is 2.34. The van der Waals surface area contributed by atoms with Crippen molar-refractivity contribution >= 4 is 11.4 Å². The zero-order valence-electron chi connectivity index (χ0n) is 11.7. The van der Waals surface area contributed by atoms with E-state index in [4.69, 9.17) is 4.74 Å². The van der Waals surface area contributed by atoms with Crippen LogP contribution in [0.15, 0.2) is 24.5 Å². The molecule has 0 bridgehead atoms. The third kappa shape index (κ3) is 3.91. The molecule has 2 rings (SSSR count). The number of H-pyrrole nitrogens is 1. The molecule has 8 heteroatoms. The van der Waals surface area contributed by atoms with Crippen molar-refractivity contribution in [3.05, 3.63) is 40.5 Å². The summed E-state index contributed by atoms with van der Waals surface area (Å²) < 4.78 is 5.43. The van der Waals surface area contributed by atoms with Gasteiger partial charge >= 0.3 is 5.69 Å². The Hall–Kier alpha value is -2.64. The van der Waals surface area contributed by atoms with Gasteiger partial charge in [-0.1, -0.05) is 13.0 Å². The van der Waals surface area contributed by atoms with Crippen molar-refractivity contribution in [2.24, 2.45) is 0 Å². The van der Waals surface area contributed by atoms with Crippen molar-refractivity contribution in [3.8, 4) is 5.75 Å². The number of rotatable bonds is 8. The van der Waals surface area contributed by atoms with Crippen LogP contribution >= 0.6 is 0 Å². The fraction of sp³-hybridized carbons (Fsp3) is 0.385. The van der Waals surface area contributed by atoms with Crippen LogP contribution < -0.4 is 10.1 Å². The maximum Gasteiger partial charge on any atom is 0.333 e. The molecule has 2 N–H and O–H groups in total. The number of nitrogens with zero attached hydrogens (tertiary/aromatic N) is 3. The molecule has 0 radical (unpaired) electrons. The van der Waals surface area contributed by atoms with Crippen LogP contribution in [-0.2, 0) is 6.42 Å². The fourth-order valence-electron chi connectivity index (χ4n) is 1.85. The first-order valence-electron chi connectivity index (χ1n) is 6.70. The standard InChI is InChI=1S/C13H17N5O3/c1-2-8-21-11-5-3-4-10(13(11)18(19)20)14-7-6-12-15-9-16-17-12/h3-5,9,14H,2,6-8H2,1H3,(H,15,16,17). The predicted molar refractivity (Wildman–Crippen MR) is 77.5 cm³/mol. The van der Waals surface area contributed by atoms with Crippen LogP contribution in [0.25, 0.3) is 0 Å². The topological polar surface area (TPSA) is 106 Å². The van der Waals surface area contributed by atoms with Crippen LogP contribution in [0.2, 0.25) is 0 Å². The first-order valence-corrected chi connectivity index (χ1v) is 6.70. The van der Waals surface area contributed by atoms with Gasteiger partial charge in [-0.05, 0) is 18.6 Å². The van der Waals surface area contributed by atoms with Crippen LogP contribution in [0.3, 0.4) is 0 Å². The summed E-state index contributed by atoms with van der Waals surface area (Å²) in [6.45, 7) is 2.90. The number of benzene rings is 1. The third-order valence-electron chi connectivity index (χ3n) is 2.79. The second-order valence-electron chi connectivity index (χ2n) is 4.37. The van der Waals surface area contributed by atoms with Crippen molar-refractivity contribution in [2.75, 3.05) is 18.5 Å². The van der Waals surface area contributed by atoms with Gasteiger partial charge in [0.05, 0.1) is 11.5 Å². The molecule has 0 fully saturated rings. The van der Waals surface area contributed by atoms with Gasteiger partial charge in [0.1, 0.15) is 17.8 Å². The maximum atomic E-state index is 11.3. The van der Waals surface area contributed by atoms with E-state index in [-0.39, 0.29) is 11.4 Å².